The van der Waals surface area contributed by atoms with Gasteiger partial charge in [0.1, 0.15) is 5.60 Å². The van der Waals surface area contributed by atoms with Crippen molar-refractivity contribution in [2.24, 2.45) is 0 Å². The number of halogens is 3. The van der Waals surface area contributed by atoms with Crippen molar-refractivity contribution < 1.29 is 22.7 Å². The van der Waals surface area contributed by atoms with Gasteiger partial charge in [-0.25, -0.2) is 4.79 Å². The Hall–Kier alpha value is -3.02. The van der Waals surface area contributed by atoms with E-state index in [4.69, 9.17) is 10.00 Å². The summed E-state index contributed by atoms with van der Waals surface area (Å²) < 4.78 is 46.4. The molecule has 0 aliphatic heterocycles. The van der Waals surface area contributed by atoms with E-state index in [1.54, 1.807) is 26.8 Å². The zero-order valence-corrected chi connectivity index (χ0v) is 15.1. The number of alkyl carbamates (subject to hydrolysis) is 1. The van der Waals surface area contributed by atoms with Gasteiger partial charge in [0.25, 0.3) is 0 Å². The normalized spacial score (nSPS) is 11.7. The van der Waals surface area contributed by atoms with Gasteiger partial charge in [0.2, 0.25) is 0 Å². The number of nitriles is 1. The highest BCUT2D eigenvalue weighted by Gasteiger charge is 2.34. The molecule has 144 valence electrons. The predicted molar refractivity (Wildman–Crippen MR) is 91.6 cm³/mol. The molecule has 1 aromatic carbocycles. The van der Waals surface area contributed by atoms with Crippen molar-refractivity contribution in [1.29, 1.82) is 5.26 Å². The molecule has 6 nitrogen and oxygen atoms in total. The minimum atomic E-state index is -4.59. The van der Waals surface area contributed by atoms with Gasteiger partial charge in [-0.3, -0.25) is 4.68 Å². The number of hydrogen-bond acceptors (Lipinski definition) is 4. The van der Waals surface area contributed by atoms with E-state index in [0.29, 0.717) is 0 Å². The molecule has 1 aromatic heterocycles. The monoisotopic (exact) mass is 380 g/mol. The minimum absolute atomic E-state index is 0.0622. The Kier molecular flexibility index (Phi) is 5.78. The van der Waals surface area contributed by atoms with Crippen LogP contribution in [0.2, 0.25) is 0 Å². The molecular weight excluding hydrogens is 361 g/mol. The number of hydrogen-bond donors (Lipinski definition) is 1. The van der Waals surface area contributed by atoms with Crippen molar-refractivity contribution in [3.8, 4) is 17.2 Å². The molecule has 1 heterocycles. The zero-order valence-electron chi connectivity index (χ0n) is 15.1. The van der Waals surface area contributed by atoms with Crippen molar-refractivity contribution in [2.45, 2.75) is 39.1 Å². The fourth-order valence-electron chi connectivity index (χ4n) is 2.31. The highest BCUT2D eigenvalue weighted by molar-refractivity contribution is 5.68. The van der Waals surface area contributed by atoms with E-state index in [0.717, 1.165) is 6.07 Å². The second kappa shape index (κ2) is 7.70. The summed E-state index contributed by atoms with van der Waals surface area (Å²) in [6, 6.07) is 5.10. The zero-order chi connectivity index (χ0) is 20.2. The van der Waals surface area contributed by atoms with Crippen LogP contribution in [0.15, 0.2) is 30.6 Å². The average molecular weight is 380 g/mol. The van der Waals surface area contributed by atoms with Gasteiger partial charge in [-0.05, 0) is 38.5 Å². The fourth-order valence-corrected chi connectivity index (χ4v) is 2.31. The van der Waals surface area contributed by atoms with Crippen LogP contribution in [0.1, 0.15) is 31.9 Å². The Bertz CT molecular complexity index is 861. The topological polar surface area (TPSA) is 79.9 Å². The molecule has 2 rings (SSSR count). The first kappa shape index (κ1) is 20.3. The van der Waals surface area contributed by atoms with Gasteiger partial charge in [-0.1, -0.05) is 6.07 Å². The van der Waals surface area contributed by atoms with Crippen LogP contribution in [-0.2, 0) is 17.5 Å². The third kappa shape index (κ3) is 5.74. The Morgan fingerprint density at radius 1 is 1.33 bits per heavy atom. The number of nitrogens with one attached hydrogen (secondary N) is 1. The van der Waals surface area contributed by atoms with Crippen LogP contribution in [0.25, 0.3) is 11.1 Å². The molecule has 0 aliphatic carbocycles. The van der Waals surface area contributed by atoms with Gasteiger partial charge in [0.05, 0.1) is 29.9 Å². The fraction of sp³-hybridized carbons (Fsp3) is 0.389. The van der Waals surface area contributed by atoms with E-state index in [1.807, 2.05) is 0 Å². The first-order chi connectivity index (χ1) is 12.5. The molecule has 1 amide bonds. The van der Waals surface area contributed by atoms with Crippen molar-refractivity contribution >= 4 is 6.09 Å². The average Bonchev–Trinajstić information content (AvgIpc) is 3.00. The summed E-state index contributed by atoms with van der Waals surface area (Å²) >= 11 is 0. The molecular formula is C18H19F3N4O2. The molecule has 0 spiro atoms. The first-order valence-electron chi connectivity index (χ1n) is 8.10. The molecule has 0 aliphatic rings. The van der Waals surface area contributed by atoms with Gasteiger partial charge in [-0.15, -0.1) is 0 Å². The Labute approximate surface area is 154 Å². The van der Waals surface area contributed by atoms with E-state index in [-0.39, 0.29) is 29.8 Å². The molecule has 0 radical (unpaired) electrons. The summed E-state index contributed by atoms with van der Waals surface area (Å²) in [7, 11) is 0. The third-order valence-corrected chi connectivity index (χ3v) is 3.41. The summed E-state index contributed by atoms with van der Waals surface area (Å²) in [5, 5.41) is 15.4. The molecule has 0 saturated heterocycles. The lowest BCUT2D eigenvalue weighted by atomic mass is 9.99. The number of carbonyl (C=O) groups excluding carboxylic acids is 1. The summed E-state index contributed by atoms with van der Waals surface area (Å²) in [5.74, 6) is 0. The lowest BCUT2D eigenvalue weighted by Gasteiger charge is -2.19. The molecule has 0 fully saturated rings. The van der Waals surface area contributed by atoms with Crippen LogP contribution in [0.4, 0.5) is 18.0 Å². The number of nitrogens with zero attached hydrogens (tertiary/aromatic N) is 3. The van der Waals surface area contributed by atoms with Crippen molar-refractivity contribution in [3.05, 3.63) is 41.7 Å². The number of ether oxygens (including phenoxy) is 1. The molecule has 0 unspecified atom stereocenters. The number of alkyl halides is 3. The van der Waals surface area contributed by atoms with Crippen LogP contribution in [0.3, 0.4) is 0 Å². The largest absolute Gasteiger partial charge is 0.444 e. The molecule has 2 aromatic rings. The molecule has 9 heteroatoms. The first-order valence-corrected chi connectivity index (χ1v) is 8.10. The van der Waals surface area contributed by atoms with Crippen LogP contribution in [0.5, 0.6) is 0 Å². The number of carbonyl (C=O) groups is 1. The molecule has 1 N–H and O–H groups in total. The number of amides is 1. The second-order valence-corrected chi connectivity index (χ2v) is 6.79. The Balaban J connectivity index is 2.10. The van der Waals surface area contributed by atoms with E-state index < -0.39 is 23.4 Å². The number of rotatable bonds is 4. The molecule has 27 heavy (non-hydrogen) atoms. The molecule has 0 bridgehead atoms. The third-order valence-electron chi connectivity index (χ3n) is 3.41. The van der Waals surface area contributed by atoms with Crippen LogP contribution < -0.4 is 5.32 Å². The predicted octanol–water partition coefficient (Wildman–Crippen LogP) is 3.97. The molecule has 0 atom stereocenters. The maximum atomic E-state index is 13.3. The maximum Gasteiger partial charge on any atom is 0.417 e. The lowest BCUT2D eigenvalue weighted by Crippen LogP contribution is -2.34. The molecule has 0 saturated carbocycles. The minimum Gasteiger partial charge on any atom is -0.444 e. The van der Waals surface area contributed by atoms with E-state index in [2.05, 4.69) is 10.4 Å². The second-order valence-electron chi connectivity index (χ2n) is 6.79. The van der Waals surface area contributed by atoms with Gasteiger partial charge >= 0.3 is 12.3 Å². The smallest absolute Gasteiger partial charge is 0.417 e. The number of benzene rings is 1. The van der Waals surface area contributed by atoms with E-state index in [9.17, 15) is 18.0 Å². The lowest BCUT2D eigenvalue weighted by molar-refractivity contribution is -0.137. The van der Waals surface area contributed by atoms with E-state index >= 15 is 0 Å². The summed E-state index contributed by atoms with van der Waals surface area (Å²) in [6.45, 7) is 5.68. The van der Waals surface area contributed by atoms with Gasteiger partial charge in [-0.2, -0.15) is 23.5 Å². The highest BCUT2D eigenvalue weighted by atomic mass is 19.4. The van der Waals surface area contributed by atoms with Gasteiger partial charge < -0.3 is 10.1 Å². The van der Waals surface area contributed by atoms with Crippen molar-refractivity contribution in [1.82, 2.24) is 15.1 Å². The van der Waals surface area contributed by atoms with Crippen LogP contribution in [-0.4, -0.2) is 28.0 Å². The highest BCUT2D eigenvalue weighted by Crippen LogP contribution is 2.37. The Morgan fingerprint density at radius 2 is 2.04 bits per heavy atom. The summed E-state index contributed by atoms with van der Waals surface area (Å²) in [6.07, 6.45) is -2.42. The summed E-state index contributed by atoms with van der Waals surface area (Å²) in [4.78, 5) is 11.6. The SMILES string of the molecule is CC(C)(C)OC(=O)NCCn1cc(-c2ccc(C#N)cc2C(F)(F)F)cn1. The van der Waals surface area contributed by atoms with Crippen molar-refractivity contribution in [3.63, 3.8) is 0 Å². The van der Waals surface area contributed by atoms with Gasteiger partial charge in [0, 0.05) is 18.3 Å². The Morgan fingerprint density at radius 3 is 2.63 bits per heavy atom. The van der Waals surface area contributed by atoms with Crippen LogP contribution >= 0.6 is 0 Å². The standard InChI is InChI=1S/C18H19F3N4O2/c1-17(2,3)27-16(26)23-6-7-25-11-13(10-24-25)14-5-4-12(9-22)8-15(14)18(19,20)21/h4-5,8,10-11H,6-7H2,1-3H3,(H,23,26). The van der Waals surface area contributed by atoms with Crippen LogP contribution in [0, 0.1) is 11.3 Å². The van der Waals surface area contributed by atoms with Gasteiger partial charge in [0.15, 0.2) is 0 Å². The van der Waals surface area contributed by atoms with E-state index in [1.165, 1.54) is 29.2 Å². The number of aromatic nitrogens is 2. The quantitative estimate of drug-likeness (QED) is 0.871. The maximum absolute atomic E-state index is 13.3. The summed E-state index contributed by atoms with van der Waals surface area (Å²) in [5.41, 5.74) is -1.38. The van der Waals surface area contributed by atoms with Crippen molar-refractivity contribution in [2.75, 3.05) is 6.54 Å².